The minimum Gasteiger partial charge on any atom is -0.295 e. The Morgan fingerprint density at radius 2 is 1.80 bits per heavy atom. The Morgan fingerprint density at radius 3 is 2.35 bits per heavy atom. The zero-order valence-electron chi connectivity index (χ0n) is 11.9. The Labute approximate surface area is 118 Å². The molecule has 0 amide bonds. The third-order valence-corrected chi connectivity index (χ3v) is 3.82. The number of hydrogen-bond donors (Lipinski definition) is 0. The summed E-state index contributed by atoms with van der Waals surface area (Å²) in [7, 11) is 0. The number of piperazine rings is 1. The van der Waals surface area contributed by atoms with Gasteiger partial charge in [-0.15, -0.1) is 0 Å². The number of halogens is 3. The van der Waals surface area contributed by atoms with Crippen molar-refractivity contribution in [1.29, 1.82) is 0 Å². The second-order valence-corrected chi connectivity index (χ2v) is 5.55. The smallest absolute Gasteiger partial charge is 0.251 e. The molecule has 0 radical (unpaired) electrons. The van der Waals surface area contributed by atoms with E-state index in [1.54, 1.807) is 17.0 Å². The van der Waals surface area contributed by atoms with Crippen molar-refractivity contribution in [3.05, 3.63) is 35.6 Å². The molecule has 0 aliphatic carbocycles. The Bertz CT molecular complexity index is 420. The fourth-order valence-electron chi connectivity index (χ4n) is 2.81. The quantitative estimate of drug-likeness (QED) is 0.839. The monoisotopic (exact) mass is 286 g/mol. The number of rotatable bonds is 4. The first kappa shape index (κ1) is 15.3. The number of alkyl halides is 2. The van der Waals surface area contributed by atoms with Gasteiger partial charge in [-0.3, -0.25) is 9.80 Å². The van der Waals surface area contributed by atoms with Crippen molar-refractivity contribution in [2.24, 2.45) is 0 Å². The molecule has 1 heterocycles. The molecule has 1 aromatic rings. The Hall–Kier alpha value is -1.07. The lowest BCUT2D eigenvalue weighted by atomic mass is 10.0. The standard InChI is InChI=1S/C15H21F3N2/c1-11(2)20-8-7-19(10-15(17)18)9-14(20)12-3-5-13(16)6-4-12/h3-6,11,14-15H,7-10H2,1-2H3/t14-/m0/s1. The predicted octanol–water partition coefficient (Wildman–Crippen LogP) is 3.16. The van der Waals surface area contributed by atoms with Crippen LogP contribution in [0.25, 0.3) is 0 Å². The van der Waals surface area contributed by atoms with Crippen LogP contribution in [0.15, 0.2) is 24.3 Å². The molecule has 1 saturated heterocycles. The van der Waals surface area contributed by atoms with E-state index in [4.69, 9.17) is 0 Å². The van der Waals surface area contributed by atoms with Gasteiger partial charge in [0.2, 0.25) is 0 Å². The first-order valence-corrected chi connectivity index (χ1v) is 6.99. The van der Waals surface area contributed by atoms with Gasteiger partial charge in [0.15, 0.2) is 0 Å². The van der Waals surface area contributed by atoms with Gasteiger partial charge in [0.25, 0.3) is 6.43 Å². The van der Waals surface area contributed by atoms with E-state index in [0.29, 0.717) is 19.1 Å². The van der Waals surface area contributed by atoms with E-state index in [1.165, 1.54) is 12.1 Å². The van der Waals surface area contributed by atoms with Crippen molar-refractivity contribution in [1.82, 2.24) is 9.80 Å². The zero-order valence-corrected chi connectivity index (χ0v) is 11.9. The fourth-order valence-corrected chi connectivity index (χ4v) is 2.81. The highest BCUT2D eigenvalue weighted by Crippen LogP contribution is 2.27. The molecule has 0 spiro atoms. The summed E-state index contributed by atoms with van der Waals surface area (Å²) in [5.41, 5.74) is 0.985. The Balaban J connectivity index is 2.16. The van der Waals surface area contributed by atoms with Crippen LogP contribution in [0.3, 0.4) is 0 Å². The van der Waals surface area contributed by atoms with Gasteiger partial charge in [-0.05, 0) is 31.5 Å². The van der Waals surface area contributed by atoms with Crippen LogP contribution in [-0.4, -0.2) is 48.4 Å². The second-order valence-electron chi connectivity index (χ2n) is 5.55. The molecule has 20 heavy (non-hydrogen) atoms. The van der Waals surface area contributed by atoms with Gasteiger partial charge in [0, 0.05) is 31.7 Å². The zero-order chi connectivity index (χ0) is 14.7. The van der Waals surface area contributed by atoms with Crippen LogP contribution in [0.2, 0.25) is 0 Å². The van der Waals surface area contributed by atoms with Crippen molar-refractivity contribution in [3.63, 3.8) is 0 Å². The second kappa shape index (κ2) is 6.59. The molecule has 0 unspecified atom stereocenters. The van der Waals surface area contributed by atoms with Gasteiger partial charge in [-0.25, -0.2) is 13.2 Å². The van der Waals surface area contributed by atoms with Gasteiger partial charge < -0.3 is 0 Å². The average molecular weight is 286 g/mol. The summed E-state index contributed by atoms with van der Waals surface area (Å²) < 4.78 is 38.1. The minimum absolute atomic E-state index is 0.0445. The first-order chi connectivity index (χ1) is 9.47. The lowest BCUT2D eigenvalue weighted by molar-refractivity contribution is 0.0153. The molecule has 112 valence electrons. The summed E-state index contributed by atoms with van der Waals surface area (Å²) in [6.07, 6.45) is -2.31. The summed E-state index contributed by atoms with van der Waals surface area (Å²) in [5, 5.41) is 0. The third kappa shape index (κ3) is 3.73. The SMILES string of the molecule is CC(C)N1CCN(CC(F)F)C[C@H]1c1ccc(F)cc1. The molecule has 1 aliphatic heterocycles. The summed E-state index contributed by atoms with van der Waals surface area (Å²) in [6, 6.07) is 6.74. The maximum Gasteiger partial charge on any atom is 0.251 e. The van der Waals surface area contributed by atoms with Crippen LogP contribution in [0.1, 0.15) is 25.5 Å². The summed E-state index contributed by atoms with van der Waals surface area (Å²) >= 11 is 0. The molecule has 1 atom stereocenters. The number of hydrogen-bond acceptors (Lipinski definition) is 2. The predicted molar refractivity (Wildman–Crippen MR) is 73.4 cm³/mol. The topological polar surface area (TPSA) is 6.48 Å². The number of nitrogens with zero attached hydrogens (tertiary/aromatic N) is 2. The average Bonchev–Trinajstić information content (AvgIpc) is 2.38. The highest BCUT2D eigenvalue weighted by atomic mass is 19.3. The molecule has 1 aliphatic rings. The van der Waals surface area contributed by atoms with E-state index in [0.717, 1.165) is 12.1 Å². The van der Waals surface area contributed by atoms with Crippen LogP contribution in [0.4, 0.5) is 13.2 Å². The molecule has 2 rings (SSSR count). The van der Waals surface area contributed by atoms with E-state index in [-0.39, 0.29) is 18.4 Å². The molecule has 0 N–H and O–H groups in total. The lowest BCUT2D eigenvalue weighted by Crippen LogP contribution is -2.51. The third-order valence-electron chi connectivity index (χ3n) is 3.82. The molecule has 1 aromatic carbocycles. The van der Waals surface area contributed by atoms with Crippen molar-refractivity contribution >= 4 is 0 Å². The van der Waals surface area contributed by atoms with Gasteiger partial charge in [0.1, 0.15) is 5.82 Å². The molecule has 0 saturated carbocycles. The minimum atomic E-state index is -2.31. The highest BCUT2D eigenvalue weighted by Gasteiger charge is 2.30. The van der Waals surface area contributed by atoms with Crippen LogP contribution in [0.5, 0.6) is 0 Å². The fraction of sp³-hybridized carbons (Fsp3) is 0.600. The molecule has 0 bridgehead atoms. The maximum atomic E-state index is 13.0. The van der Waals surface area contributed by atoms with Crippen LogP contribution >= 0.6 is 0 Å². The summed E-state index contributed by atoms with van der Waals surface area (Å²) in [5.74, 6) is -0.273. The van der Waals surface area contributed by atoms with Crippen molar-refractivity contribution in [3.8, 4) is 0 Å². The summed E-state index contributed by atoms with van der Waals surface area (Å²) in [4.78, 5) is 4.08. The maximum absolute atomic E-state index is 13.0. The van der Waals surface area contributed by atoms with Crippen molar-refractivity contribution < 1.29 is 13.2 Å². The largest absolute Gasteiger partial charge is 0.295 e. The number of benzene rings is 1. The van der Waals surface area contributed by atoms with E-state index < -0.39 is 6.43 Å². The van der Waals surface area contributed by atoms with Crippen molar-refractivity contribution in [2.75, 3.05) is 26.2 Å². The van der Waals surface area contributed by atoms with E-state index in [2.05, 4.69) is 18.7 Å². The Morgan fingerprint density at radius 1 is 1.15 bits per heavy atom. The van der Waals surface area contributed by atoms with Crippen LogP contribution < -0.4 is 0 Å². The summed E-state index contributed by atoms with van der Waals surface area (Å²) in [6.45, 7) is 5.98. The molecule has 2 nitrogen and oxygen atoms in total. The van der Waals surface area contributed by atoms with E-state index >= 15 is 0 Å². The molecule has 1 fully saturated rings. The normalized spacial score (nSPS) is 21.9. The van der Waals surface area contributed by atoms with Crippen molar-refractivity contribution in [2.45, 2.75) is 32.4 Å². The van der Waals surface area contributed by atoms with Crippen LogP contribution in [-0.2, 0) is 0 Å². The lowest BCUT2D eigenvalue weighted by Gasteiger charge is -2.43. The molecule has 5 heteroatoms. The molecular weight excluding hydrogens is 265 g/mol. The Kier molecular flexibility index (Phi) is 5.05. The first-order valence-electron chi connectivity index (χ1n) is 6.99. The van der Waals surface area contributed by atoms with Gasteiger partial charge in [-0.2, -0.15) is 0 Å². The van der Waals surface area contributed by atoms with Crippen LogP contribution in [0, 0.1) is 5.82 Å². The van der Waals surface area contributed by atoms with Gasteiger partial charge in [0.05, 0.1) is 6.54 Å². The van der Waals surface area contributed by atoms with Gasteiger partial charge in [-0.1, -0.05) is 12.1 Å². The van der Waals surface area contributed by atoms with E-state index in [9.17, 15) is 13.2 Å². The van der Waals surface area contributed by atoms with Gasteiger partial charge >= 0.3 is 0 Å². The van der Waals surface area contributed by atoms with E-state index in [1.807, 2.05) is 0 Å². The molecule has 0 aromatic heterocycles. The highest BCUT2D eigenvalue weighted by molar-refractivity contribution is 5.21. The molecular formula is C15H21F3N2.